The summed E-state index contributed by atoms with van der Waals surface area (Å²) in [6.45, 7) is 0. The van der Waals surface area contributed by atoms with Gasteiger partial charge in [0.05, 0.1) is 0 Å². The summed E-state index contributed by atoms with van der Waals surface area (Å²) in [6.07, 6.45) is 0. The van der Waals surface area contributed by atoms with E-state index in [2.05, 4.69) is 4.65 Å². The molecule has 0 aliphatic carbocycles. The SMILES string of the molecule is OBOc1ccc(F)cc1.[KH]. The predicted molar refractivity (Wildman–Crippen MR) is 43.5 cm³/mol. The first-order valence-corrected chi connectivity index (χ1v) is 2.82. The molecule has 0 aliphatic heterocycles. The summed E-state index contributed by atoms with van der Waals surface area (Å²) < 4.78 is 16.9. The Morgan fingerprint density at radius 3 is 2.27 bits per heavy atom. The fourth-order valence-corrected chi connectivity index (χ4v) is 0.605. The van der Waals surface area contributed by atoms with Gasteiger partial charge in [-0.15, -0.1) is 0 Å². The Labute approximate surface area is 107 Å². The van der Waals surface area contributed by atoms with Crippen LogP contribution < -0.4 is 4.65 Å². The van der Waals surface area contributed by atoms with Crippen LogP contribution in [0.15, 0.2) is 24.3 Å². The van der Waals surface area contributed by atoms with E-state index in [4.69, 9.17) is 5.02 Å². The molecule has 0 aromatic heterocycles. The Hall–Kier alpha value is 0.611. The molecule has 2 nitrogen and oxygen atoms in total. The van der Waals surface area contributed by atoms with E-state index in [9.17, 15) is 4.39 Å². The van der Waals surface area contributed by atoms with Crippen LogP contribution in [0.4, 0.5) is 4.39 Å². The van der Waals surface area contributed by atoms with E-state index in [-0.39, 0.29) is 64.9 Å². The molecule has 0 atom stereocenters. The van der Waals surface area contributed by atoms with Crippen molar-refractivity contribution in [1.29, 1.82) is 0 Å². The van der Waals surface area contributed by atoms with Gasteiger partial charge < -0.3 is 9.68 Å². The monoisotopic (exact) mass is 180 g/mol. The van der Waals surface area contributed by atoms with Gasteiger partial charge in [0.25, 0.3) is 0 Å². The zero-order valence-corrected chi connectivity index (χ0v) is 5.25. The summed E-state index contributed by atoms with van der Waals surface area (Å²) in [5, 5.41) is 8.27. The first-order chi connectivity index (χ1) is 4.83. The van der Waals surface area contributed by atoms with E-state index in [1.54, 1.807) is 0 Å². The number of hydrogen-bond acceptors (Lipinski definition) is 2. The molecule has 0 fully saturated rings. The zero-order valence-electron chi connectivity index (χ0n) is 5.25. The van der Waals surface area contributed by atoms with E-state index in [0.717, 1.165) is 0 Å². The quantitative estimate of drug-likeness (QED) is 0.639. The van der Waals surface area contributed by atoms with Gasteiger partial charge in [-0.3, -0.25) is 0 Å². The fourth-order valence-electron chi connectivity index (χ4n) is 0.605. The van der Waals surface area contributed by atoms with Crippen LogP contribution in [0.2, 0.25) is 0 Å². The zero-order chi connectivity index (χ0) is 7.40. The average molecular weight is 180 g/mol. The van der Waals surface area contributed by atoms with Crippen LogP contribution >= 0.6 is 0 Å². The van der Waals surface area contributed by atoms with E-state index in [1.807, 2.05) is 0 Å². The molecule has 0 saturated heterocycles. The standard InChI is InChI=1S/C6H6BFO2.K.H/c8-5-1-3-6(4-2-5)10-7-9;;/h1-4,7,9H;;. The van der Waals surface area contributed by atoms with Gasteiger partial charge in [-0.05, 0) is 24.3 Å². The van der Waals surface area contributed by atoms with Gasteiger partial charge in [-0.2, -0.15) is 0 Å². The Bertz CT molecular complexity index is 204. The summed E-state index contributed by atoms with van der Waals surface area (Å²) >= 11 is 0. The fraction of sp³-hybridized carbons (Fsp3) is 0. The van der Waals surface area contributed by atoms with Crippen LogP contribution in [0.3, 0.4) is 0 Å². The Morgan fingerprint density at radius 1 is 1.27 bits per heavy atom. The second kappa shape index (κ2) is 6.16. The van der Waals surface area contributed by atoms with Gasteiger partial charge >= 0.3 is 59.1 Å². The van der Waals surface area contributed by atoms with E-state index in [1.165, 1.54) is 24.3 Å². The molecule has 0 bridgehead atoms. The summed E-state index contributed by atoms with van der Waals surface area (Å²) in [6, 6.07) is 5.44. The maximum atomic E-state index is 12.2. The van der Waals surface area contributed by atoms with Crippen molar-refractivity contribution in [3.05, 3.63) is 30.1 Å². The number of hydrogen-bond donors (Lipinski definition) is 1. The third-order valence-electron chi connectivity index (χ3n) is 1.04. The van der Waals surface area contributed by atoms with Crippen molar-refractivity contribution in [2.45, 2.75) is 0 Å². The van der Waals surface area contributed by atoms with Gasteiger partial charge in [0, 0.05) is 0 Å². The van der Waals surface area contributed by atoms with Crippen LogP contribution in [0.25, 0.3) is 0 Å². The molecule has 1 rings (SSSR count). The maximum absolute atomic E-state index is 12.2. The molecule has 0 amide bonds. The van der Waals surface area contributed by atoms with Crippen molar-refractivity contribution in [3.63, 3.8) is 0 Å². The van der Waals surface area contributed by atoms with Crippen molar-refractivity contribution >= 4 is 59.1 Å². The third-order valence-corrected chi connectivity index (χ3v) is 1.04. The summed E-state index contributed by atoms with van der Waals surface area (Å²) in [5.74, 6) is 0.147. The third kappa shape index (κ3) is 4.25. The first kappa shape index (κ1) is 11.6. The molecule has 1 aromatic rings. The van der Waals surface area contributed by atoms with Crippen molar-refractivity contribution in [3.8, 4) is 5.75 Å². The van der Waals surface area contributed by atoms with Crippen LogP contribution in [0.1, 0.15) is 0 Å². The predicted octanol–water partition coefficient (Wildman–Crippen LogP) is -0.185. The summed E-state index contributed by atoms with van der Waals surface area (Å²) in [4.78, 5) is 0. The van der Waals surface area contributed by atoms with Gasteiger partial charge in [0.15, 0.2) is 0 Å². The number of rotatable bonds is 2. The van der Waals surface area contributed by atoms with Crippen LogP contribution in [-0.4, -0.2) is 64.1 Å². The Kier molecular flexibility index (Phi) is 6.51. The van der Waals surface area contributed by atoms with Gasteiger partial charge in [0.1, 0.15) is 11.6 Å². The van der Waals surface area contributed by atoms with Crippen molar-refractivity contribution in [2.24, 2.45) is 0 Å². The summed E-state index contributed by atoms with van der Waals surface area (Å²) in [7, 11) is -0.383. The molecule has 0 saturated carbocycles. The normalized spacial score (nSPS) is 8.18. The van der Waals surface area contributed by atoms with Crippen LogP contribution in [0, 0.1) is 5.82 Å². The topological polar surface area (TPSA) is 29.5 Å². The molecular formula is C6H7BFKO2. The molecule has 0 radical (unpaired) electrons. The number of halogens is 1. The van der Waals surface area contributed by atoms with Crippen molar-refractivity contribution in [2.75, 3.05) is 0 Å². The molecule has 1 N–H and O–H groups in total. The Morgan fingerprint density at radius 2 is 1.82 bits per heavy atom. The van der Waals surface area contributed by atoms with E-state index >= 15 is 0 Å². The van der Waals surface area contributed by atoms with E-state index < -0.39 is 0 Å². The second-order valence-electron chi connectivity index (χ2n) is 1.73. The van der Waals surface area contributed by atoms with Crippen molar-refractivity contribution in [1.82, 2.24) is 0 Å². The minimum atomic E-state index is -0.383. The molecule has 0 unspecified atom stereocenters. The van der Waals surface area contributed by atoms with E-state index in [0.29, 0.717) is 5.75 Å². The molecule has 54 valence electrons. The van der Waals surface area contributed by atoms with Crippen molar-refractivity contribution < 1.29 is 14.1 Å². The first-order valence-electron chi connectivity index (χ1n) is 2.82. The molecule has 0 spiro atoms. The minimum absolute atomic E-state index is 0. The number of benzene rings is 1. The van der Waals surface area contributed by atoms with Crippen LogP contribution in [0.5, 0.6) is 5.75 Å². The molecule has 11 heavy (non-hydrogen) atoms. The summed E-state index contributed by atoms with van der Waals surface area (Å²) in [5.41, 5.74) is 0. The van der Waals surface area contributed by atoms with Gasteiger partial charge in [-0.25, -0.2) is 4.39 Å². The molecule has 5 heteroatoms. The molecule has 0 heterocycles. The van der Waals surface area contributed by atoms with Gasteiger partial charge in [-0.1, -0.05) is 0 Å². The van der Waals surface area contributed by atoms with Crippen LogP contribution in [-0.2, 0) is 0 Å². The second-order valence-corrected chi connectivity index (χ2v) is 1.73. The van der Waals surface area contributed by atoms with Gasteiger partial charge in [0.2, 0.25) is 0 Å². The average Bonchev–Trinajstić information content (AvgIpc) is 1.95. The Balaban J connectivity index is 0.000001000. The molecule has 1 aromatic carbocycles. The molecular weight excluding hydrogens is 173 g/mol. The molecule has 0 aliphatic rings.